The maximum Gasteiger partial charge on any atom is 0.308 e. The van der Waals surface area contributed by atoms with Crippen molar-refractivity contribution in [2.75, 3.05) is 0 Å². The molecule has 0 bridgehead atoms. The number of halogens is 2. The lowest BCUT2D eigenvalue weighted by Gasteiger charge is -2.00. The molecule has 2 rings (SSSR count). The molecule has 1 heterocycles. The predicted molar refractivity (Wildman–Crippen MR) is 74.1 cm³/mol. The molecule has 7 heteroatoms. The molecule has 20 heavy (non-hydrogen) atoms. The molecule has 0 atom stereocenters. The first kappa shape index (κ1) is 14.9. The molecule has 1 N–H and O–H groups in total. The van der Waals surface area contributed by atoms with E-state index in [1.807, 2.05) is 0 Å². The SMILES string of the molecule is Cc1nc(SCc2cc(F)cc(F)c2)sc1CC(=O)O. The minimum Gasteiger partial charge on any atom is -0.481 e. The van der Waals surface area contributed by atoms with Gasteiger partial charge in [-0.1, -0.05) is 11.8 Å². The van der Waals surface area contributed by atoms with Gasteiger partial charge in [-0.15, -0.1) is 11.3 Å². The summed E-state index contributed by atoms with van der Waals surface area (Å²) in [4.78, 5) is 15.6. The van der Waals surface area contributed by atoms with Crippen LogP contribution in [0.5, 0.6) is 0 Å². The second-order valence-electron chi connectivity index (χ2n) is 4.13. The molecule has 3 nitrogen and oxygen atoms in total. The van der Waals surface area contributed by atoms with Crippen LogP contribution in [0.3, 0.4) is 0 Å². The van der Waals surface area contributed by atoms with Gasteiger partial charge in [-0.05, 0) is 24.6 Å². The highest BCUT2D eigenvalue weighted by Crippen LogP contribution is 2.30. The lowest BCUT2D eigenvalue weighted by atomic mass is 10.2. The third kappa shape index (κ3) is 4.01. The van der Waals surface area contributed by atoms with Crippen molar-refractivity contribution in [2.45, 2.75) is 23.4 Å². The first-order valence-electron chi connectivity index (χ1n) is 5.70. The Bertz CT molecular complexity index is 623. The van der Waals surface area contributed by atoms with E-state index >= 15 is 0 Å². The van der Waals surface area contributed by atoms with E-state index in [0.29, 0.717) is 26.2 Å². The summed E-state index contributed by atoms with van der Waals surface area (Å²) in [6.07, 6.45) is -0.0569. The van der Waals surface area contributed by atoms with Crippen LogP contribution >= 0.6 is 23.1 Å². The van der Waals surface area contributed by atoms with Crippen LogP contribution in [0.2, 0.25) is 0 Å². The monoisotopic (exact) mass is 315 g/mol. The van der Waals surface area contributed by atoms with E-state index < -0.39 is 17.6 Å². The fourth-order valence-electron chi connectivity index (χ4n) is 1.60. The van der Waals surface area contributed by atoms with Gasteiger partial charge in [0, 0.05) is 16.7 Å². The van der Waals surface area contributed by atoms with E-state index in [2.05, 4.69) is 4.98 Å². The number of aliphatic carboxylic acids is 1. The first-order chi connectivity index (χ1) is 9.44. The predicted octanol–water partition coefficient (Wildman–Crippen LogP) is 3.65. The van der Waals surface area contributed by atoms with Crippen LogP contribution in [-0.2, 0) is 17.0 Å². The fourth-order valence-corrected chi connectivity index (χ4v) is 3.76. The largest absolute Gasteiger partial charge is 0.481 e. The Morgan fingerprint density at radius 2 is 2.00 bits per heavy atom. The molecule has 0 amide bonds. The van der Waals surface area contributed by atoms with Gasteiger partial charge in [-0.2, -0.15) is 0 Å². The van der Waals surface area contributed by atoms with Gasteiger partial charge in [0.1, 0.15) is 11.6 Å². The van der Waals surface area contributed by atoms with Gasteiger partial charge in [-0.3, -0.25) is 4.79 Å². The maximum atomic E-state index is 13.0. The van der Waals surface area contributed by atoms with Gasteiger partial charge in [0.2, 0.25) is 0 Å². The summed E-state index contributed by atoms with van der Waals surface area (Å²) in [6, 6.07) is 3.37. The minimum atomic E-state index is -0.902. The molecule has 0 spiro atoms. The van der Waals surface area contributed by atoms with Crippen LogP contribution in [0.4, 0.5) is 8.78 Å². The molecule has 1 aromatic heterocycles. The molecule has 0 saturated heterocycles. The normalized spacial score (nSPS) is 10.8. The molecule has 0 aliphatic rings. The molecule has 1 aromatic carbocycles. The van der Waals surface area contributed by atoms with E-state index in [0.717, 1.165) is 6.07 Å². The highest BCUT2D eigenvalue weighted by molar-refractivity contribution is 8.00. The summed E-state index contributed by atoms with van der Waals surface area (Å²) < 4.78 is 26.8. The van der Waals surface area contributed by atoms with Crippen molar-refractivity contribution in [1.29, 1.82) is 0 Å². The summed E-state index contributed by atoms with van der Waals surface area (Å²) in [5.41, 5.74) is 1.21. The molecule has 0 fully saturated rings. The molecule has 106 valence electrons. The number of hydrogen-bond donors (Lipinski definition) is 1. The number of rotatable bonds is 5. The molecule has 0 aliphatic heterocycles. The number of aromatic nitrogens is 1. The third-order valence-electron chi connectivity index (χ3n) is 2.47. The lowest BCUT2D eigenvalue weighted by Crippen LogP contribution is -1.99. The van der Waals surface area contributed by atoms with Gasteiger partial charge in [0.05, 0.1) is 12.1 Å². The Labute approximate surface area is 122 Å². The van der Waals surface area contributed by atoms with Crippen molar-refractivity contribution < 1.29 is 18.7 Å². The van der Waals surface area contributed by atoms with Crippen molar-refractivity contribution in [3.8, 4) is 0 Å². The zero-order valence-electron chi connectivity index (χ0n) is 10.5. The number of carbonyl (C=O) groups is 1. The number of nitrogens with zero attached hydrogens (tertiary/aromatic N) is 1. The summed E-state index contributed by atoms with van der Waals surface area (Å²) in [6.45, 7) is 1.75. The summed E-state index contributed by atoms with van der Waals surface area (Å²) >= 11 is 2.63. The number of thiazole rings is 1. The lowest BCUT2D eigenvalue weighted by molar-refractivity contribution is -0.136. The molecule has 0 unspecified atom stereocenters. The van der Waals surface area contributed by atoms with Gasteiger partial charge in [0.15, 0.2) is 4.34 Å². The first-order valence-corrected chi connectivity index (χ1v) is 7.50. The van der Waals surface area contributed by atoms with E-state index in [4.69, 9.17) is 5.11 Å². The quantitative estimate of drug-likeness (QED) is 0.856. The van der Waals surface area contributed by atoms with Gasteiger partial charge >= 0.3 is 5.97 Å². The molecule has 0 saturated carbocycles. The van der Waals surface area contributed by atoms with Crippen molar-refractivity contribution in [3.05, 3.63) is 46.0 Å². The van der Waals surface area contributed by atoms with Crippen LogP contribution < -0.4 is 0 Å². The average Bonchev–Trinajstić information content (AvgIpc) is 2.65. The molecule has 2 aromatic rings. The summed E-state index contributed by atoms with van der Waals surface area (Å²) in [7, 11) is 0. The second kappa shape index (κ2) is 6.32. The Kier molecular flexibility index (Phi) is 4.72. The third-order valence-corrected chi connectivity index (χ3v) is 4.84. The number of aryl methyl sites for hydroxylation is 1. The van der Waals surface area contributed by atoms with E-state index in [9.17, 15) is 13.6 Å². The number of thioether (sulfide) groups is 1. The zero-order chi connectivity index (χ0) is 14.7. The Morgan fingerprint density at radius 3 is 2.60 bits per heavy atom. The Morgan fingerprint density at radius 1 is 1.35 bits per heavy atom. The maximum absolute atomic E-state index is 13.0. The van der Waals surface area contributed by atoms with Crippen molar-refractivity contribution >= 4 is 29.1 Å². The number of carboxylic acids is 1. The van der Waals surface area contributed by atoms with E-state index in [1.165, 1.54) is 35.2 Å². The topological polar surface area (TPSA) is 50.2 Å². The van der Waals surface area contributed by atoms with E-state index in [1.54, 1.807) is 6.92 Å². The van der Waals surface area contributed by atoms with E-state index in [-0.39, 0.29) is 6.42 Å². The average molecular weight is 315 g/mol. The number of hydrogen-bond acceptors (Lipinski definition) is 4. The smallest absolute Gasteiger partial charge is 0.308 e. The summed E-state index contributed by atoms with van der Waals surface area (Å²) in [5, 5.41) is 8.76. The molecular weight excluding hydrogens is 304 g/mol. The highest BCUT2D eigenvalue weighted by atomic mass is 32.2. The van der Waals surface area contributed by atoms with Crippen LogP contribution in [0.1, 0.15) is 16.1 Å². The van der Waals surface area contributed by atoms with Crippen LogP contribution in [0, 0.1) is 18.6 Å². The van der Waals surface area contributed by atoms with Gasteiger partial charge in [0.25, 0.3) is 0 Å². The Balaban J connectivity index is 2.05. The van der Waals surface area contributed by atoms with Gasteiger partial charge < -0.3 is 5.11 Å². The minimum absolute atomic E-state index is 0.0569. The van der Waals surface area contributed by atoms with Crippen molar-refractivity contribution in [1.82, 2.24) is 4.98 Å². The molecular formula is C13H11F2NO2S2. The number of carboxylic acid groups (broad SMARTS) is 1. The highest BCUT2D eigenvalue weighted by Gasteiger charge is 2.11. The number of benzene rings is 1. The Hall–Kier alpha value is -1.47. The van der Waals surface area contributed by atoms with Crippen LogP contribution in [0.15, 0.2) is 22.5 Å². The standard InChI is InChI=1S/C13H11F2NO2S2/c1-7-11(5-12(17)18)20-13(16-7)19-6-8-2-9(14)4-10(15)3-8/h2-4H,5-6H2,1H3,(H,17,18). The zero-order valence-corrected chi connectivity index (χ0v) is 12.2. The molecule has 0 radical (unpaired) electrons. The van der Waals surface area contributed by atoms with Crippen molar-refractivity contribution in [2.24, 2.45) is 0 Å². The molecule has 0 aliphatic carbocycles. The van der Waals surface area contributed by atoms with Crippen LogP contribution in [-0.4, -0.2) is 16.1 Å². The van der Waals surface area contributed by atoms with Gasteiger partial charge in [-0.25, -0.2) is 13.8 Å². The second-order valence-corrected chi connectivity index (χ2v) is 6.43. The van der Waals surface area contributed by atoms with Crippen LogP contribution in [0.25, 0.3) is 0 Å². The van der Waals surface area contributed by atoms with Crippen molar-refractivity contribution in [3.63, 3.8) is 0 Å². The fraction of sp³-hybridized carbons (Fsp3) is 0.231. The summed E-state index contributed by atoms with van der Waals surface area (Å²) in [5.74, 6) is -1.74.